The second-order valence-electron chi connectivity index (χ2n) is 6.33. The lowest BCUT2D eigenvalue weighted by Crippen LogP contribution is -2.23. The number of amides is 1. The maximum Gasteiger partial charge on any atom is 0.338 e. The molecule has 0 radical (unpaired) electrons. The third-order valence-electron chi connectivity index (χ3n) is 4.16. The summed E-state index contributed by atoms with van der Waals surface area (Å²) in [5.41, 5.74) is 1.92. The molecule has 6 nitrogen and oxygen atoms in total. The van der Waals surface area contributed by atoms with E-state index in [2.05, 4.69) is 4.99 Å². The highest BCUT2D eigenvalue weighted by Crippen LogP contribution is 2.33. The SMILES string of the molecule is CCCOC(=O)c1cccc(N=C2S/C(=C/c3ccc(OC)cc3)C(=O)N2C)c1. The number of thioether (sulfide) groups is 1. The second-order valence-corrected chi connectivity index (χ2v) is 7.34. The monoisotopic (exact) mass is 410 g/mol. The highest BCUT2D eigenvalue weighted by atomic mass is 32.2. The Balaban J connectivity index is 1.80. The summed E-state index contributed by atoms with van der Waals surface area (Å²) in [6, 6.07) is 14.4. The number of carbonyl (C=O) groups is 2. The van der Waals surface area contributed by atoms with Crippen molar-refractivity contribution in [1.82, 2.24) is 4.90 Å². The number of methoxy groups -OCH3 is 1. The van der Waals surface area contributed by atoms with Gasteiger partial charge < -0.3 is 9.47 Å². The maximum atomic E-state index is 12.6. The zero-order chi connectivity index (χ0) is 20.8. The van der Waals surface area contributed by atoms with E-state index in [4.69, 9.17) is 9.47 Å². The van der Waals surface area contributed by atoms with Gasteiger partial charge >= 0.3 is 5.97 Å². The van der Waals surface area contributed by atoms with Gasteiger partial charge in [0.05, 0.1) is 29.9 Å². The molecule has 0 bridgehead atoms. The highest BCUT2D eigenvalue weighted by Gasteiger charge is 2.30. The summed E-state index contributed by atoms with van der Waals surface area (Å²) >= 11 is 1.29. The average molecular weight is 410 g/mol. The Morgan fingerprint density at radius 3 is 2.66 bits per heavy atom. The van der Waals surface area contributed by atoms with Gasteiger partial charge in [-0.2, -0.15) is 0 Å². The maximum absolute atomic E-state index is 12.6. The van der Waals surface area contributed by atoms with Crippen molar-refractivity contribution < 1.29 is 19.1 Å². The van der Waals surface area contributed by atoms with Gasteiger partial charge in [-0.05, 0) is 60.2 Å². The molecule has 0 saturated carbocycles. The van der Waals surface area contributed by atoms with Gasteiger partial charge in [0.25, 0.3) is 5.91 Å². The molecule has 1 amide bonds. The van der Waals surface area contributed by atoms with E-state index in [1.165, 1.54) is 16.7 Å². The van der Waals surface area contributed by atoms with Gasteiger partial charge in [-0.3, -0.25) is 9.69 Å². The average Bonchev–Trinajstić information content (AvgIpc) is 3.00. The molecule has 0 atom stereocenters. The molecule has 0 spiro atoms. The van der Waals surface area contributed by atoms with Crippen molar-refractivity contribution in [2.45, 2.75) is 13.3 Å². The normalized spacial score (nSPS) is 16.5. The molecule has 0 N–H and O–H groups in total. The zero-order valence-corrected chi connectivity index (χ0v) is 17.4. The Morgan fingerprint density at radius 1 is 1.21 bits per heavy atom. The van der Waals surface area contributed by atoms with E-state index in [-0.39, 0.29) is 11.9 Å². The van der Waals surface area contributed by atoms with E-state index in [9.17, 15) is 9.59 Å². The van der Waals surface area contributed by atoms with Crippen LogP contribution in [0.3, 0.4) is 0 Å². The second kappa shape index (κ2) is 9.43. The quantitative estimate of drug-likeness (QED) is 0.518. The van der Waals surface area contributed by atoms with E-state index in [1.54, 1.807) is 38.4 Å². The number of esters is 1. The number of carbonyl (C=O) groups excluding carboxylic acids is 2. The lowest BCUT2D eigenvalue weighted by molar-refractivity contribution is -0.121. The largest absolute Gasteiger partial charge is 0.497 e. The van der Waals surface area contributed by atoms with Gasteiger partial charge in [0.2, 0.25) is 0 Å². The molecule has 29 heavy (non-hydrogen) atoms. The smallest absolute Gasteiger partial charge is 0.338 e. The summed E-state index contributed by atoms with van der Waals surface area (Å²) in [4.78, 5) is 31.3. The van der Waals surface area contributed by atoms with Crippen LogP contribution in [0.4, 0.5) is 5.69 Å². The van der Waals surface area contributed by atoms with Crippen LogP contribution < -0.4 is 4.74 Å². The first-order valence-corrected chi connectivity index (χ1v) is 10.0. The molecule has 3 rings (SSSR count). The first-order chi connectivity index (χ1) is 14.0. The van der Waals surface area contributed by atoms with E-state index in [0.29, 0.717) is 27.9 Å². The number of hydrogen-bond donors (Lipinski definition) is 0. The molecule has 0 unspecified atom stereocenters. The van der Waals surface area contributed by atoms with Gasteiger partial charge in [-0.15, -0.1) is 0 Å². The Labute approximate surface area is 174 Å². The predicted molar refractivity (Wildman–Crippen MR) is 115 cm³/mol. The van der Waals surface area contributed by atoms with Crippen LogP contribution >= 0.6 is 11.8 Å². The van der Waals surface area contributed by atoms with Gasteiger partial charge in [0, 0.05) is 7.05 Å². The highest BCUT2D eigenvalue weighted by molar-refractivity contribution is 8.18. The van der Waals surface area contributed by atoms with E-state index in [1.807, 2.05) is 37.3 Å². The Kier molecular flexibility index (Phi) is 6.72. The van der Waals surface area contributed by atoms with Crippen molar-refractivity contribution in [3.8, 4) is 5.75 Å². The standard InChI is InChI=1S/C22H22N2O4S/c1-4-12-28-21(26)16-6-5-7-17(14-16)23-22-24(2)20(25)19(29-22)13-15-8-10-18(27-3)11-9-15/h5-11,13-14H,4,12H2,1-3H3/b19-13+,23-22?. The lowest BCUT2D eigenvalue weighted by Gasteiger charge is -2.08. The van der Waals surface area contributed by atoms with Crippen molar-refractivity contribution in [3.63, 3.8) is 0 Å². The van der Waals surface area contributed by atoms with E-state index >= 15 is 0 Å². The molecular weight excluding hydrogens is 388 g/mol. The number of aliphatic imine (C=N–C) groups is 1. The molecule has 1 aliphatic heterocycles. The van der Waals surface area contributed by atoms with Gasteiger partial charge in [0.1, 0.15) is 5.75 Å². The summed E-state index contributed by atoms with van der Waals surface area (Å²) in [6.07, 6.45) is 2.59. The fourth-order valence-electron chi connectivity index (χ4n) is 2.59. The molecule has 2 aromatic rings. The predicted octanol–water partition coefficient (Wildman–Crippen LogP) is 4.50. The summed E-state index contributed by atoms with van der Waals surface area (Å²) in [5, 5.41) is 0.550. The molecule has 2 aromatic carbocycles. The Hall–Kier alpha value is -3.06. The molecule has 1 heterocycles. The van der Waals surface area contributed by atoms with Gasteiger partial charge in [0.15, 0.2) is 5.17 Å². The number of likely N-dealkylation sites (N-methyl/N-ethyl adjacent to an activating group) is 1. The Bertz CT molecular complexity index is 967. The first-order valence-electron chi connectivity index (χ1n) is 9.19. The van der Waals surface area contributed by atoms with Gasteiger partial charge in [-0.25, -0.2) is 9.79 Å². The van der Waals surface area contributed by atoms with Crippen molar-refractivity contribution in [2.24, 2.45) is 4.99 Å². The zero-order valence-electron chi connectivity index (χ0n) is 16.5. The summed E-state index contributed by atoms with van der Waals surface area (Å²) in [5.74, 6) is 0.259. The van der Waals surface area contributed by atoms with Crippen LogP contribution in [0.25, 0.3) is 6.08 Å². The minimum absolute atomic E-state index is 0.122. The third-order valence-corrected chi connectivity index (χ3v) is 5.22. The molecule has 1 aliphatic rings. The fourth-order valence-corrected chi connectivity index (χ4v) is 3.58. The van der Waals surface area contributed by atoms with E-state index in [0.717, 1.165) is 17.7 Å². The third kappa shape index (κ3) is 5.06. The minimum atomic E-state index is -0.377. The summed E-state index contributed by atoms with van der Waals surface area (Å²) in [7, 11) is 3.29. The van der Waals surface area contributed by atoms with Crippen LogP contribution in [0.15, 0.2) is 58.4 Å². The molecule has 1 fully saturated rings. The molecule has 0 aromatic heterocycles. The molecule has 1 saturated heterocycles. The molecule has 0 aliphatic carbocycles. The van der Waals surface area contributed by atoms with E-state index < -0.39 is 0 Å². The lowest BCUT2D eigenvalue weighted by atomic mass is 10.2. The Morgan fingerprint density at radius 2 is 1.97 bits per heavy atom. The van der Waals surface area contributed by atoms with Crippen LogP contribution in [-0.4, -0.2) is 42.7 Å². The fraction of sp³-hybridized carbons (Fsp3) is 0.227. The summed E-state index contributed by atoms with van der Waals surface area (Å²) < 4.78 is 10.3. The number of rotatable bonds is 6. The van der Waals surface area contributed by atoms with Crippen molar-refractivity contribution in [3.05, 3.63) is 64.6 Å². The first kappa shape index (κ1) is 20.7. The number of ether oxygens (including phenoxy) is 2. The van der Waals surface area contributed by atoms with Crippen LogP contribution in [0.2, 0.25) is 0 Å². The van der Waals surface area contributed by atoms with Gasteiger partial charge in [-0.1, -0.05) is 25.1 Å². The van der Waals surface area contributed by atoms with Crippen LogP contribution in [0.5, 0.6) is 5.75 Å². The minimum Gasteiger partial charge on any atom is -0.497 e. The number of amidine groups is 1. The van der Waals surface area contributed by atoms with Crippen molar-refractivity contribution in [1.29, 1.82) is 0 Å². The number of hydrogen-bond acceptors (Lipinski definition) is 6. The van der Waals surface area contributed by atoms with Crippen LogP contribution in [0.1, 0.15) is 29.3 Å². The number of nitrogens with zero attached hydrogens (tertiary/aromatic N) is 2. The topological polar surface area (TPSA) is 68.2 Å². The molecule has 7 heteroatoms. The van der Waals surface area contributed by atoms with Crippen LogP contribution in [0, 0.1) is 0 Å². The van der Waals surface area contributed by atoms with Crippen molar-refractivity contribution >= 4 is 40.6 Å². The van der Waals surface area contributed by atoms with Crippen LogP contribution in [-0.2, 0) is 9.53 Å². The van der Waals surface area contributed by atoms with Crippen molar-refractivity contribution in [2.75, 3.05) is 20.8 Å². The molecular formula is C22H22N2O4S. The summed E-state index contributed by atoms with van der Waals surface area (Å²) in [6.45, 7) is 2.32. The molecule has 150 valence electrons. The number of benzene rings is 2.